The minimum Gasteiger partial charge on any atom is -0.497 e. The van der Waals surface area contributed by atoms with Crippen molar-refractivity contribution in [2.45, 2.75) is 20.4 Å². The van der Waals surface area contributed by atoms with Crippen LogP contribution in [0.25, 0.3) is 11.3 Å². The molecule has 1 aromatic carbocycles. The highest BCUT2D eigenvalue weighted by molar-refractivity contribution is 5.61. The highest BCUT2D eigenvalue weighted by atomic mass is 16.5. The van der Waals surface area contributed by atoms with Crippen LogP contribution in [-0.2, 0) is 6.54 Å². The fourth-order valence-corrected chi connectivity index (χ4v) is 1.79. The van der Waals surface area contributed by atoms with Gasteiger partial charge in [-0.3, -0.25) is 0 Å². The van der Waals surface area contributed by atoms with Crippen LogP contribution in [0.5, 0.6) is 11.6 Å². The molecule has 0 spiro atoms. The van der Waals surface area contributed by atoms with Crippen LogP contribution in [0.1, 0.15) is 13.8 Å². The van der Waals surface area contributed by atoms with Crippen molar-refractivity contribution in [1.82, 2.24) is 9.78 Å². The van der Waals surface area contributed by atoms with Crippen LogP contribution >= 0.6 is 0 Å². The maximum atomic E-state index is 5.55. The molecule has 0 unspecified atom stereocenters. The average Bonchev–Trinajstić information content (AvgIpc) is 2.82. The van der Waals surface area contributed by atoms with Gasteiger partial charge in [-0.15, -0.1) is 0 Å². The lowest BCUT2D eigenvalue weighted by atomic mass is 10.1. The van der Waals surface area contributed by atoms with E-state index in [9.17, 15) is 0 Å². The summed E-state index contributed by atoms with van der Waals surface area (Å²) in [5, 5.41) is 4.52. The summed E-state index contributed by atoms with van der Waals surface area (Å²) in [6, 6.07) is 9.82. The molecule has 0 saturated heterocycles. The second kappa shape index (κ2) is 5.58. The van der Waals surface area contributed by atoms with Crippen LogP contribution in [0, 0.1) is 0 Å². The van der Waals surface area contributed by atoms with Gasteiger partial charge in [0.05, 0.1) is 19.4 Å². The minimum absolute atomic E-state index is 0.647. The van der Waals surface area contributed by atoms with Gasteiger partial charge in [-0.2, -0.15) is 5.10 Å². The summed E-state index contributed by atoms with van der Waals surface area (Å²) in [5.41, 5.74) is 1.98. The third kappa shape index (κ3) is 2.47. The van der Waals surface area contributed by atoms with Gasteiger partial charge in [0.2, 0.25) is 5.88 Å². The first kappa shape index (κ1) is 12.5. The summed E-state index contributed by atoms with van der Waals surface area (Å²) in [4.78, 5) is 0. The molecule has 96 valence electrons. The lowest BCUT2D eigenvalue weighted by Crippen LogP contribution is -2.02. The Morgan fingerprint density at radius 2 is 1.89 bits per heavy atom. The number of benzene rings is 1. The molecule has 2 aromatic rings. The molecule has 1 heterocycles. The van der Waals surface area contributed by atoms with Crippen molar-refractivity contribution in [3.05, 3.63) is 30.3 Å². The molecular weight excluding hydrogens is 228 g/mol. The Bertz CT molecular complexity index is 503. The van der Waals surface area contributed by atoms with Crippen molar-refractivity contribution in [2.24, 2.45) is 0 Å². The highest BCUT2D eigenvalue weighted by Crippen LogP contribution is 2.25. The monoisotopic (exact) mass is 246 g/mol. The summed E-state index contributed by atoms with van der Waals surface area (Å²) in [6.45, 7) is 5.46. The van der Waals surface area contributed by atoms with E-state index in [0.717, 1.165) is 29.4 Å². The summed E-state index contributed by atoms with van der Waals surface area (Å²) in [7, 11) is 1.66. The van der Waals surface area contributed by atoms with Crippen molar-refractivity contribution in [3.8, 4) is 22.9 Å². The Hall–Kier alpha value is -1.97. The number of nitrogens with zero attached hydrogens (tertiary/aromatic N) is 2. The third-order valence-electron chi connectivity index (χ3n) is 2.72. The summed E-state index contributed by atoms with van der Waals surface area (Å²) < 4.78 is 12.6. The van der Waals surface area contributed by atoms with Gasteiger partial charge in [-0.05, 0) is 38.1 Å². The number of methoxy groups -OCH3 is 1. The normalized spacial score (nSPS) is 10.4. The summed E-state index contributed by atoms with van der Waals surface area (Å²) in [6.07, 6.45) is 0. The van der Waals surface area contributed by atoms with E-state index < -0.39 is 0 Å². The number of aryl methyl sites for hydroxylation is 1. The van der Waals surface area contributed by atoms with Gasteiger partial charge in [0, 0.05) is 18.2 Å². The molecule has 0 fully saturated rings. The smallest absolute Gasteiger partial charge is 0.212 e. The van der Waals surface area contributed by atoms with Gasteiger partial charge in [0.1, 0.15) is 5.75 Å². The quantitative estimate of drug-likeness (QED) is 0.813. The first-order valence-corrected chi connectivity index (χ1v) is 6.13. The van der Waals surface area contributed by atoms with Crippen LogP contribution < -0.4 is 9.47 Å². The molecule has 2 rings (SSSR count). The fourth-order valence-electron chi connectivity index (χ4n) is 1.79. The van der Waals surface area contributed by atoms with Gasteiger partial charge < -0.3 is 9.47 Å². The Labute approximate surface area is 107 Å². The van der Waals surface area contributed by atoms with Crippen LogP contribution in [0.3, 0.4) is 0 Å². The lowest BCUT2D eigenvalue weighted by molar-refractivity contribution is 0.303. The molecule has 0 bridgehead atoms. The molecule has 0 aliphatic carbocycles. The molecule has 4 heteroatoms. The summed E-state index contributed by atoms with van der Waals surface area (Å²) in [5.74, 6) is 1.66. The number of hydrogen-bond acceptors (Lipinski definition) is 3. The van der Waals surface area contributed by atoms with Gasteiger partial charge in [0.25, 0.3) is 0 Å². The number of hydrogen-bond donors (Lipinski definition) is 0. The predicted octanol–water partition coefficient (Wildman–Crippen LogP) is 2.98. The van der Waals surface area contributed by atoms with E-state index in [1.807, 2.05) is 48.9 Å². The molecule has 0 radical (unpaired) electrons. The average molecular weight is 246 g/mol. The first-order chi connectivity index (χ1) is 8.78. The topological polar surface area (TPSA) is 36.3 Å². The second-order valence-corrected chi connectivity index (χ2v) is 3.85. The van der Waals surface area contributed by atoms with Gasteiger partial charge in [-0.1, -0.05) is 0 Å². The van der Waals surface area contributed by atoms with E-state index in [4.69, 9.17) is 9.47 Å². The molecule has 0 N–H and O–H groups in total. The molecule has 0 atom stereocenters. The van der Waals surface area contributed by atoms with Crippen LogP contribution in [0.4, 0.5) is 0 Å². The first-order valence-electron chi connectivity index (χ1n) is 6.13. The predicted molar refractivity (Wildman–Crippen MR) is 71.1 cm³/mol. The van der Waals surface area contributed by atoms with Crippen molar-refractivity contribution < 1.29 is 9.47 Å². The van der Waals surface area contributed by atoms with E-state index in [1.54, 1.807) is 7.11 Å². The molecule has 0 aliphatic rings. The van der Waals surface area contributed by atoms with Gasteiger partial charge in [-0.25, -0.2) is 4.68 Å². The molecule has 0 saturated carbocycles. The summed E-state index contributed by atoms with van der Waals surface area (Å²) >= 11 is 0. The molecule has 0 amide bonds. The van der Waals surface area contributed by atoms with E-state index in [-0.39, 0.29) is 0 Å². The van der Waals surface area contributed by atoms with Crippen molar-refractivity contribution in [3.63, 3.8) is 0 Å². The van der Waals surface area contributed by atoms with E-state index in [2.05, 4.69) is 5.10 Å². The zero-order chi connectivity index (χ0) is 13.0. The lowest BCUT2D eigenvalue weighted by Gasteiger charge is -2.03. The Morgan fingerprint density at radius 3 is 2.44 bits per heavy atom. The van der Waals surface area contributed by atoms with Crippen LogP contribution in [0.2, 0.25) is 0 Å². The van der Waals surface area contributed by atoms with E-state index >= 15 is 0 Å². The largest absolute Gasteiger partial charge is 0.497 e. The van der Waals surface area contributed by atoms with Crippen LogP contribution in [-0.4, -0.2) is 23.5 Å². The Kier molecular flexibility index (Phi) is 3.87. The SMILES string of the molecule is CCOc1cc(-c2ccc(OC)cc2)nn1CC. The number of aromatic nitrogens is 2. The molecule has 4 nitrogen and oxygen atoms in total. The molecule has 1 aromatic heterocycles. The van der Waals surface area contributed by atoms with Crippen molar-refractivity contribution in [1.29, 1.82) is 0 Å². The van der Waals surface area contributed by atoms with Crippen molar-refractivity contribution >= 4 is 0 Å². The second-order valence-electron chi connectivity index (χ2n) is 3.85. The Balaban J connectivity index is 2.31. The van der Waals surface area contributed by atoms with E-state index in [1.165, 1.54) is 0 Å². The third-order valence-corrected chi connectivity index (χ3v) is 2.72. The highest BCUT2D eigenvalue weighted by Gasteiger charge is 2.09. The Morgan fingerprint density at radius 1 is 1.17 bits per heavy atom. The van der Waals surface area contributed by atoms with E-state index in [0.29, 0.717) is 6.61 Å². The maximum Gasteiger partial charge on any atom is 0.212 e. The number of ether oxygens (including phenoxy) is 2. The van der Waals surface area contributed by atoms with Gasteiger partial charge >= 0.3 is 0 Å². The van der Waals surface area contributed by atoms with Crippen LogP contribution in [0.15, 0.2) is 30.3 Å². The zero-order valence-electron chi connectivity index (χ0n) is 11.0. The molecular formula is C14H18N2O2. The van der Waals surface area contributed by atoms with Gasteiger partial charge in [0.15, 0.2) is 0 Å². The zero-order valence-corrected chi connectivity index (χ0v) is 11.0. The molecule has 18 heavy (non-hydrogen) atoms. The number of rotatable bonds is 5. The maximum absolute atomic E-state index is 5.55. The standard InChI is InChI=1S/C14H18N2O2/c1-4-16-14(18-5-2)10-13(15-16)11-6-8-12(17-3)9-7-11/h6-10H,4-5H2,1-3H3. The minimum atomic E-state index is 0.647. The van der Waals surface area contributed by atoms with Crippen molar-refractivity contribution in [2.75, 3.05) is 13.7 Å². The molecule has 0 aliphatic heterocycles. The fraction of sp³-hybridized carbons (Fsp3) is 0.357.